The number of carboxylic acid groups (broad SMARTS) is 1. The van der Waals surface area contributed by atoms with Gasteiger partial charge in [0.1, 0.15) is 17.2 Å². The molecule has 39 heavy (non-hydrogen) atoms. The summed E-state index contributed by atoms with van der Waals surface area (Å²) >= 11 is 0. The van der Waals surface area contributed by atoms with Gasteiger partial charge < -0.3 is 26.0 Å². The number of hydrogen-bond acceptors (Lipinski definition) is 8. The highest BCUT2D eigenvalue weighted by molar-refractivity contribution is 6.03. The molecule has 1 amide bonds. The van der Waals surface area contributed by atoms with E-state index in [0.29, 0.717) is 38.6 Å². The maximum absolute atomic E-state index is 12.8. The van der Waals surface area contributed by atoms with E-state index in [1.807, 2.05) is 0 Å². The van der Waals surface area contributed by atoms with Crippen molar-refractivity contribution in [3.8, 4) is 5.75 Å². The number of nitro groups is 1. The number of esters is 1. The van der Waals surface area contributed by atoms with Crippen LogP contribution in [0.15, 0.2) is 48.5 Å². The molecule has 0 saturated carbocycles. The highest BCUT2D eigenvalue weighted by Crippen LogP contribution is 2.19. The van der Waals surface area contributed by atoms with Gasteiger partial charge in [-0.25, -0.2) is 14.0 Å². The van der Waals surface area contributed by atoms with Crippen LogP contribution >= 0.6 is 0 Å². The van der Waals surface area contributed by atoms with Crippen molar-refractivity contribution in [2.75, 3.05) is 6.54 Å². The standard InChI is InChI=1S/C21H31FN2O5.C6H5NO3/c1-20(2,3)29-19(28)21(23,18(26)27)13-4-5-14-24-17(25)8-6-7-15-9-11-16(22)12-10-15;8-6-3-1-5(2-4-6)7(9)10/h9-12H,4-8,13-14,23H2,1-3H3,(H,24,25)(H,26,27);1-4,8H/t21-;/m0./s1. The number of phenols is 1. The maximum atomic E-state index is 12.8. The number of rotatable bonds is 12. The summed E-state index contributed by atoms with van der Waals surface area (Å²) in [6, 6.07) is 11.2. The molecule has 0 spiro atoms. The van der Waals surface area contributed by atoms with Crippen molar-refractivity contribution in [1.82, 2.24) is 5.32 Å². The molecular weight excluding hydrogens is 513 g/mol. The topological polar surface area (TPSA) is 182 Å². The number of phenolic OH excluding ortho intramolecular Hbond substituents is 1. The summed E-state index contributed by atoms with van der Waals surface area (Å²) in [5.74, 6) is -2.77. The smallest absolute Gasteiger partial charge is 0.338 e. The van der Waals surface area contributed by atoms with Gasteiger partial charge in [0, 0.05) is 25.1 Å². The number of carbonyl (C=O) groups excluding carboxylic acids is 2. The third kappa shape index (κ3) is 12.8. The molecule has 0 radical (unpaired) electrons. The third-order valence-corrected chi connectivity index (χ3v) is 5.31. The fraction of sp³-hybridized carbons (Fsp3) is 0.444. The second kappa shape index (κ2) is 15.4. The number of nitro benzene ring substituents is 1. The van der Waals surface area contributed by atoms with Gasteiger partial charge in [-0.1, -0.05) is 12.1 Å². The predicted molar refractivity (Wildman–Crippen MR) is 141 cm³/mol. The van der Waals surface area contributed by atoms with Gasteiger partial charge in [0.05, 0.1) is 4.92 Å². The molecule has 0 aliphatic heterocycles. The summed E-state index contributed by atoms with van der Waals surface area (Å²) in [4.78, 5) is 45.0. The number of carboxylic acids is 1. The number of aliphatic carboxylic acids is 1. The van der Waals surface area contributed by atoms with Crippen molar-refractivity contribution in [3.05, 3.63) is 70.0 Å². The van der Waals surface area contributed by atoms with Gasteiger partial charge in [0.15, 0.2) is 0 Å². The summed E-state index contributed by atoms with van der Waals surface area (Å²) in [5.41, 5.74) is 3.79. The van der Waals surface area contributed by atoms with Crippen LogP contribution in [0.4, 0.5) is 10.1 Å². The van der Waals surface area contributed by atoms with Crippen LogP contribution in [0.1, 0.15) is 58.4 Å². The van der Waals surface area contributed by atoms with E-state index in [1.54, 1.807) is 32.9 Å². The Balaban J connectivity index is 0.000000633. The number of benzene rings is 2. The van der Waals surface area contributed by atoms with Gasteiger partial charge in [0.2, 0.25) is 11.4 Å². The molecule has 0 unspecified atom stereocenters. The molecule has 2 aromatic rings. The Morgan fingerprint density at radius 1 is 1.03 bits per heavy atom. The Bertz CT molecular complexity index is 1100. The Hall–Kier alpha value is -4.06. The summed E-state index contributed by atoms with van der Waals surface area (Å²) in [6.45, 7) is 5.27. The molecule has 5 N–H and O–H groups in total. The van der Waals surface area contributed by atoms with Gasteiger partial charge >= 0.3 is 11.9 Å². The fourth-order valence-electron chi connectivity index (χ4n) is 3.19. The van der Waals surface area contributed by atoms with E-state index in [4.69, 9.17) is 15.6 Å². The van der Waals surface area contributed by atoms with Crippen molar-refractivity contribution in [2.45, 2.75) is 70.4 Å². The SMILES string of the molecule is CC(C)(C)OC(=O)[C@](N)(CCCCNC(=O)CCCc1ccc(F)cc1)C(=O)O.O=[N+]([O-])c1ccc(O)cc1. The van der Waals surface area contributed by atoms with E-state index < -0.39 is 28.0 Å². The zero-order valence-electron chi connectivity index (χ0n) is 22.3. The average Bonchev–Trinajstić information content (AvgIpc) is 2.84. The van der Waals surface area contributed by atoms with Crippen molar-refractivity contribution in [2.24, 2.45) is 5.73 Å². The number of nitrogens with two attached hydrogens (primary N) is 1. The monoisotopic (exact) mass is 549 g/mol. The molecule has 0 heterocycles. The number of nitrogens with zero attached hydrogens (tertiary/aromatic N) is 1. The van der Waals surface area contributed by atoms with Crippen molar-refractivity contribution >= 4 is 23.5 Å². The fourth-order valence-corrected chi connectivity index (χ4v) is 3.19. The number of hydrogen-bond donors (Lipinski definition) is 4. The van der Waals surface area contributed by atoms with E-state index in [-0.39, 0.29) is 29.6 Å². The highest BCUT2D eigenvalue weighted by atomic mass is 19.1. The van der Waals surface area contributed by atoms with Gasteiger partial charge in [-0.15, -0.1) is 0 Å². The summed E-state index contributed by atoms with van der Waals surface area (Å²) in [6.07, 6.45) is 2.40. The van der Waals surface area contributed by atoms with Crippen LogP contribution in [0.5, 0.6) is 5.75 Å². The lowest BCUT2D eigenvalue weighted by Gasteiger charge is -2.28. The van der Waals surface area contributed by atoms with Crippen molar-refractivity contribution in [3.63, 3.8) is 0 Å². The first kappa shape index (κ1) is 33.0. The lowest BCUT2D eigenvalue weighted by atomic mass is 9.93. The lowest BCUT2D eigenvalue weighted by Crippen LogP contribution is -2.57. The number of nitrogens with one attached hydrogen (secondary N) is 1. The molecule has 214 valence electrons. The number of non-ortho nitro benzene ring substituents is 1. The molecule has 0 fully saturated rings. The van der Waals surface area contributed by atoms with Gasteiger partial charge in [0.25, 0.3) is 5.69 Å². The minimum absolute atomic E-state index is 0.0159. The Kier molecular flexibility index (Phi) is 13.0. The van der Waals surface area contributed by atoms with Crippen LogP contribution < -0.4 is 11.1 Å². The predicted octanol–water partition coefficient (Wildman–Crippen LogP) is 3.86. The van der Waals surface area contributed by atoms with E-state index >= 15 is 0 Å². The Morgan fingerprint density at radius 2 is 1.62 bits per heavy atom. The summed E-state index contributed by atoms with van der Waals surface area (Å²) < 4.78 is 18.0. The maximum Gasteiger partial charge on any atom is 0.338 e. The Morgan fingerprint density at radius 3 is 2.13 bits per heavy atom. The molecule has 0 saturated heterocycles. The molecule has 0 aliphatic carbocycles. The number of ether oxygens (including phenoxy) is 1. The Labute approximate surface area is 226 Å². The highest BCUT2D eigenvalue weighted by Gasteiger charge is 2.44. The second-order valence-corrected chi connectivity index (χ2v) is 9.84. The van der Waals surface area contributed by atoms with Crippen LogP contribution in [-0.4, -0.2) is 50.7 Å². The minimum atomic E-state index is -2.10. The molecular formula is C27H36FN3O8. The van der Waals surface area contributed by atoms with Crippen LogP contribution in [-0.2, 0) is 25.5 Å². The molecule has 1 atom stereocenters. The number of aromatic hydroxyl groups is 1. The first-order valence-electron chi connectivity index (χ1n) is 12.3. The molecule has 2 rings (SSSR count). The quantitative estimate of drug-likeness (QED) is 0.100. The van der Waals surface area contributed by atoms with E-state index in [1.165, 1.54) is 36.4 Å². The van der Waals surface area contributed by atoms with Crippen LogP contribution in [0.3, 0.4) is 0 Å². The lowest BCUT2D eigenvalue weighted by molar-refractivity contribution is -0.384. The normalized spacial score (nSPS) is 12.3. The van der Waals surface area contributed by atoms with Gasteiger partial charge in [-0.2, -0.15) is 0 Å². The number of amides is 1. The average molecular weight is 550 g/mol. The number of carbonyl (C=O) groups is 3. The number of halogens is 1. The molecule has 12 heteroatoms. The minimum Gasteiger partial charge on any atom is -0.508 e. The van der Waals surface area contributed by atoms with Crippen LogP contribution in [0.25, 0.3) is 0 Å². The van der Waals surface area contributed by atoms with Crippen LogP contribution in [0.2, 0.25) is 0 Å². The van der Waals surface area contributed by atoms with E-state index in [2.05, 4.69) is 5.32 Å². The number of aryl methyl sites for hydroxylation is 1. The van der Waals surface area contributed by atoms with Gasteiger partial charge in [-0.05, 0) is 82.7 Å². The summed E-state index contributed by atoms with van der Waals surface area (Å²) in [5, 5.41) is 30.8. The molecule has 0 aliphatic rings. The molecule has 2 aromatic carbocycles. The largest absolute Gasteiger partial charge is 0.508 e. The third-order valence-electron chi connectivity index (χ3n) is 5.31. The first-order chi connectivity index (χ1) is 18.1. The zero-order chi connectivity index (χ0) is 29.6. The second-order valence-electron chi connectivity index (χ2n) is 9.84. The van der Waals surface area contributed by atoms with Gasteiger partial charge in [-0.3, -0.25) is 14.9 Å². The molecule has 0 bridgehead atoms. The molecule has 0 aromatic heterocycles. The van der Waals surface area contributed by atoms with E-state index in [9.17, 15) is 34.0 Å². The van der Waals surface area contributed by atoms with Crippen LogP contribution in [0, 0.1) is 15.9 Å². The zero-order valence-corrected chi connectivity index (χ0v) is 22.3. The number of unbranched alkanes of at least 4 members (excludes halogenated alkanes) is 1. The van der Waals surface area contributed by atoms with Crippen molar-refractivity contribution in [1.29, 1.82) is 0 Å². The van der Waals surface area contributed by atoms with Crippen molar-refractivity contribution < 1.29 is 38.6 Å². The first-order valence-corrected chi connectivity index (χ1v) is 12.3. The summed E-state index contributed by atoms with van der Waals surface area (Å²) in [7, 11) is 0. The van der Waals surface area contributed by atoms with E-state index in [0.717, 1.165) is 5.56 Å². The molecule has 11 nitrogen and oxygen atoms in total.